The molecule has 0 N–H and O–H groups in total. The van der Waals surface area contributed by atoms with Crippen LogP contribution in [0.1, 0.15) is 18.5 Å². The predicted octanol–water partition coefficient (Wildman–Crippen LogP) is 0.671. The molecule has 2 aliphatic carbocycles. The van der Waals surface area contributed by atoms with Crippen molar-refractivity contribution in [3.05, 3.63) is 63.5 Å². The number of aromatic nitrogens is 3. The first kappa shape index (κ1) is 12.0. The van der Waals surface area contributed by atoms with Gasteiger partial charge in [-0.25, -0.2) is 23.5 Å². The minimum Gasteiger partial charge on any atom is -0.299 e. The van der Waals surface area contributed by atoms with E-state index in [1.54, 1.807) is 24.3 Å². The third-order valence-electron chi connectivity index (χ3n) is 5.17. The lowest BCUT2D eigenvalue weighted by Gasteiger charge is -2.50. The molecule has 2 aliphatic heterocycles. The van der Waals surface area contributed by atoms with E-state index in [0.717, 1.165) is 0 Å². The maximum atomic E-state index is 12.8. The zero-order valence-corrected chi connectivity index (χ0v) is 11.6. The predicted molar refractivity (Wildman–Crippen MR) is 78.1 cm³/mol. The summed E-state index contributed by atoms with van der Waals surface area (Å²) in [6.45, 7) is 0. The van der Waals surface area contributed by atoms with Crippen LogP contribution in [0.5, 0.6) is 0 Å². The Morgan fingerprint density at radius 2 is 1.50 bits per heavy atom. The first-order chi connectivity index (χ1) is 10.7. The molecule has 2 bridgehead atoms. The number of Topliss-reactive ketones (excluding diaryl/α,β-unsaturated/α-hetero) is 1. The van der Waals surface area contributed by atoms with Crippen molar-refractivity contribution in [3.8, 4) is 5.69 Å². The molecule has 3 heterocycles. The SMILES string of the molecule is O=C1C[C@H]2[C@H]1[C@@H]1C=C[C@H]2n2c(=O)n(-c3ccccc3)c(=O)n21. The molecule has 4 atom stereocenters. The molecule has 0 radical (unpaired) electrons. The number of nitrogens with zero attached hydrogens (tertiary/aromatic N) is 3. The highest BCUT2D eigenvalue weighted by molar-refractivity contribution is 5.89. The van der Waals surface area contributed by atoms with Gasteiger partial charge < -0.3 is 0 Å². The fourth-order valence-corrected chi connectivity index (χ4v) is 4.15. The van der Waals surface area contributed by atoms with Crippen LogP contribution < -0.4 is 11.4 Å². The molecule has 1 aromatic carbocycles. The Bertz CT molecular complexity index is 947. The molecule has 2 aromatic rings. The van der Waals surface area contributed by atoms with Gasteiger partial charge in [-0.3, -0.25) is 4.79 Å². The third kappa shape index (κ3) is 1.20. The van der Waals surface area contributed by atoms with Gasteiger partial charge in [-0.2, -0.15) is 0 Å². The van der Waals surface area contributed by atoms with Crippen LogP contribution >= 0.6 is 0 Å². The first-order valence-corrected chi connectivity index (χ1v) is 7.41. The van der Waals surface area contributed by atoms with Gasteiger partial charge >= 0.3 is 11.4 Å². The van der Waals surface area contributed by atoms with E-state index in [9.17, 15) is 14.4 Å². The average Bonchev–Trinajstić information content (AvgIpc) is 2.80. The summed E-state index contributed by atoms with van der Waals surface area (Å²) >= 11 is 0. The van der Waals surface area contributed by atoms with E-state index >= 15 is 0 Å². The fourth-order valence-electron chi connectivity index (χ4n) is 4.15. The monoisotopic (exact) mass is 295 g/mol. The smallest absolute Gasteiger partial charge is 0.299 e. The number of carbonyl (C=O) groups excluding carboxylic acids is 1. The van der Waals surface area contributed by atoms with E-state index < -0.39 is 0 Å². The molecule has 22 heavy (non-hydrogen) atoms. The van der Waals surface area contributed by atoms with E-state index in [1.165, 1.54) is 13.9 Å². The Morgan fingerprint density at radius 3 is 2.18 bits per heavy atom. The second kappa shape index (κ2) is 3.76. The normalized spacial score (nSPS) is 30.8. The number of carbonyl (C=O) groups is 1. The van der Waals surface area contributed by atoms with Crippen molar-refractivity contribution < 1.29 is 4.79 Å². The second-order valence-corrected chi connectivity index (χ2v) is 6.15. The van der Waals surface area contributed by atoms with Crippen molar-refractivity contribution in [1.29, 1.82) is 0 Å². The molecule has 0 unspecified atom stereocenters. The second-order valence-electron chi connectivity index (χ2n) is 6.15. The van der Waals surface area contributed by atoms with Gasteiger partial charge in [0.25, 0.3) is 0 Å². The molecule has 6 rings (SSSR count). The molecule has 4 aliphatic rings. The van der Waals surface area contributed by atoms with Crippen LogP contribution in [-0.4, -0.2) is 19.7 Å². The number of hydrogen-bond acceptors (Lipinski definition) is 3. The molecule has 1 saturated carbocycles. The van der Waals surface area contributed by atoms with Gasteiger partial charge in [0, 0.05) is 18.3 Å². The molecule has 0 saturated heterocycles. The van der Waals surface area contributed by atoms with Gasteiger partial charge in [-0.05, 0) is 12.1 Å². The molecule has 6 heteroatoms. The van der Waals surface area contributed by atoms with Crippen LogP contribution in [0, 0.1) is 11.8 Å². The van der Waals surface area contributed by atoms with Gasteiger partial charge in [0.1, 0.15) is 5.78 Å². The van der Waals surface area contributed by atoms with Crippen molar-refractivity contribution in [2.75, 3.05) is 0 Å². The Balaban J connectivity index is 1.81. The van der Waals surface area contributed by atoms with Crippen molar-refractivity contribution in [2.45, 2.75) is 18.5 Å². The van der Waals surface area contributed by atoms with E-state index in [4.69, 9.17) is 0 Å². The minimum absolute atomic E-state index is 0.140. The Hall–Kier alpha value is -2.63. The maximum absolute atomic E-state index is 12.8. The summed E-state index contributed by atoms with van der Waals surface area (Å²) < 4.78 is 4.20. The topological polar surface area (TPSA) is 66.0 Å². The highest BCUT2D eigenvalue weighted by Gasteiger charge is 2.56. The summed E-state index contributed by atoms with van der Waals surface area (Å²) in [5.74, 6) is 0.215. The molecule has 0 amide bonds. The highest BCUT2D eigenvalue weighted by Crippen LogP contribution is 2.51. The molecular formula is C16H13N3O3. The van der Waals surface area contributed by atoms with Crippen molar-refractivity contribution in [3.63, 3.8) is 0 Å². The van der Waals surface area contributed by atoms with Crippen LogP contribution in [0.25, 0.3) is 5.69 Å². The molecule has 6 nitrogen and oxygen atoms in total. The van der Waals surface area contributed by atoms with Gasteiger partial charge in [-0.15, -0.1) is 0 Å². The maximum Gasteiger partial charge on any atom is 0.352 e. The Labute approximate surface area is 124 Å². The quantitative estimate of drug-likeness (QED) is 0.726. The molecule has 0 spiro atoms. The lowest BCUT2D eigenvalue weighted by atomic mass is 9.61. The van der Waals surface area contributed by atoms with Crippen LogP contribution in [0.15, 0.2) is 52.1 Å². The third-order valence-corrected chi connectivity index (χ3v) is 5.17. The van der Waals surface area contributed by atoms with E-state index in [-0.39, 0.29) is 41.1 Å². The van der Waals surface area contributed by atoms with Gasteiger partial charge in [-0.1, -0.05) is 30.4 Å². The largest absolute Gasteiger partial charge is 0.352 e. The summed E-state index contributed by atoms with van der Waals surface area (Å²) in [5, 5.41) is 0. The number of rotatable bonds is 1. The van der Waals surface area contributed by atoms with Gasteiger partial charge in [0.15, 0.2) is 0 Å². The molecule has 110 valence electrons. The fraction of sp³-hybridized carbons (Fsp3) is 0.312. The van der Waals surface area contributed by atoms with Crippen molar-refractivity contribution in [1.82, 2.24) is 13.9 Å². The van der Waals surface area contributed by atoms with E-state index in [1.807, 2.05) is 18.2 Å². The first-order valence-electron chi connectivity index (χ1n) is 7.41. The number of hydrogen-bond donors (Lipinski definition) is 0. The van der Waals surface area contributed by atoms with Crippen molar-refractivity contribution >= 4 is 5.78 Å². The number of allylic oxidation sites excluding steroid dienone is 2. The summed E-state index contributed by atoms with van der Waals surface area (Å²) in [6.07, 6.45) is 4.38. The minimum atomic E-state index is -0.367. The summed E-state index contributed by atoms with van der Waals surface area (Å²) in [4.78, 5) is 37.4. The summed E-state index contributed by atoms with van der Waals surface area (Å²) in [5.41, 5.74) is -0.132. The van der Waals surface area contributed by atoms with Crippen LogP contribution in [0.2, 0.25) is 0 Å². The van der Waals surface area contributed by atoms with Crippen LogP contribution in [-0.2, 0) is 4.79 Å². The van der Waals surface area contributed by atoms with E-state index in [0.29, 0.717) is 12.1 Å². The molecule has 1 aromatic heterocycles. The van der Waals surface area contributed by atoms with Crippen molar-refractivity contribution in [2.24, 2.45) is 11.8 Å². The Morgan fingerprint density at radius 1 is 0.864 bits per heavy atom. The molecular weight excluding hydrogens is 282 g/mol. The average molecular weight is 295 g/mol. The van der Waals surface area contributed by atoms with Gasteiger partial charge in [0.05, 0.1) is 17.8 Å². The zero-order valence-electron chi connectivity index (χ0n) is 11.6. The van der Waals surface area contributed by atoms with Crippen LogP contribution in [0.4, 0.5) is 0 Å². The highest BCUT2D eigenvalue weighted by atomic mass is 16.2. The number of ketones is 1. The van der Waals surface area contributed by atoms with Gasteiger partial charge in [0.2, 0.25) is 0 Å². The lowest BCUT2D eigenvalue weighted by Crippen LogP contribution is -2.57. The standard InChI is InChI=1S/C16H13N3O3/c20-13-8-10-11-6-7-12(14(10)13)19-16(22)17(15(21)18(11)19)9-4-2-1-3-5-9/h1-7,10-12,14H,8H2/t10-,11-,12+,14+/m1/s1. The lowest BCUT2D eigenvalue weighted by molar-refractivity contribution is -0.141. The molecule has 1 fully saturated rings. The summed E-state index contributed by atoms with van der Waals surface area (Å²) in [6, 6.07) is 8.41. The van der Waals surface area contributed by atoms with E-state index in [2.05, 4.69) is 0 Å². The number of para-hydroxylation sites is 1. The Kier molecular flexibility index (Phi) is 2.05. The summed E-state index contributed by atoms with van der Waals surface area (Å²) in [7, 11) is 0. The van der Waals surface area contributed by atoms with Crippen LogP contribution in [0.3, 0.4) is 0 Å². The number of benzene rings is 1. The zero-order chi connectivity index (χ0) is 15.0.